The Balaban J connectivity index is 2.12. The lowest BCUT2D eigenvalue weighted by Crippen LogP contribution is -2.60. The molecule has 0 aromatic carbocycles. The van der Waals surface area contributed by atoms with Crippen molar-refractivity contribution in [1.29, 1.82) is 0 Å². The lowest BCUT2D eigenvalue weighted by molar-refractivity contribution is -0.302. The molecule has 460 valence electrons. The first-order valence-corrected chi connectivity index (χ1v) is 33.1. The molecule has 1 aliphatic rings. The first kappa shape index (κ1) is 74.9. The highest BCUT2D eigenvalue weighted by molar-refractivity contribution is 5.76. The zero-order chi connectivity index (χ0) is 57.9. The van der Waals surface area contributed by atoms with E-state index in [0.717, 1.165) is 83.5 Å². The average molecular weight is 1120 g/mol. The number of ether oxygens (including phenoxy) is 2. The van der Waals surface area contributed by atoms with E-state index in [1.165, 1.54) is 173 Å². The zero-order valence-corrected chi connectivity index (χ0v) is 51.3. The lowest BCUT2D eigenvalue weighted by Gasteiger charge is -2.40. The molecule has 0 spiro atoms. The molecule has 9 heteroatoms. The van der Waals surface area contributed by atoms with Crippen molar-refractivity contribution in [3.63, 3.8) is 0 Å². The second-order valence-corrected chi connectivity index (χ2v) is 22.5. The SMILES string of the molecule is CC/C=C\C/C=C\C/C=C\C/C=C\C/C=C\C/C=C\C/C=C\CCCCCCCCCCCCCCCCCCCC(=O)NC(COC1OC(CO)C(O)C(O)C1O)C(O)/C=C/CC/C=C/CCCCCCCCCCCCCC. The van der Waals surface area contributed by atoms with Gasteiger partial charge in [0.25, 0.3) is 0 Å². The third-order valence-corrected chi connectivity index (χ3v) is 15.1. The number of nitrogens with one attached hydrogen (secondary N) is 1. The molecular formula is C71H123NO8. The number of aliphatic hydroxyl groups is 5. The first-order valence-electron chi connectivity index (χ1n) is 33.1. The fraction of sp³-hybridized carbons (Fsp3) is 0.732. The van der Waals surface area contributed by atoms with Gasteiger partial charge >= 0.3 is 0 Å². The minimum Gasteiger partial charge on any atom is -0.394 e. The van der Waals surface area contributed by atoms with Crippen LogP contribution in [0.1, 0.15) is 277 Å². The molecule has 1 amide bonds. The Morgan fingerprint density at radius 3 is 1.20 bits per heavy atom. The van der Waals surface area contributed by atoms with Crippen LogP contribution < -0.4 is 5.32 Å². The average Bonchev–Trinajstić information content (AvgIpc) is 3.46. The van der Waals surface area contributed by atoms with E-state index in [4.69, 9.17) is 9.47 Å². The number of allylic oxidation sites excluding steroid dienone is 17. The summed E-state index contributed by atoms with van der Waals surface area (Å²) in [5.74, 6) is -0.187. The van der Waals surface area contributed by atoms with Crippen molar-refractivity contribution in [3.8, 4) is 0 Å². The van der Waals surface area contributed by atoms with Gasteiger partial charge in [0.05, 0.1) is 25.4 Å². The van der Waals surface area contributed by atoms with Gasteiger partial charge in [0.1, 0.15) is 24.4 Å². The van der Waals surface area contributed by atoms with E-state index in [2.05, 4.69) is 116 Å². The number of carbonyl (C=O) groups is 1. The minimum atomic E-state index is -1.58. The van der Waals surface area contributed by atoms with Gasteiger partial charge in [-0.1, -0.05) is 290 Å². The Kier molecular flexibility index (Phi) is 55.2. The van der Waals surface area contributed by atoms with Crippen LogP contribution in [0.2, 0.25) is 0 Å². The van der Waals surface area contributed by atoms with Crippen molar-refractivity contribution in [2.75, 3.05) is 13.2 Å². The third kappa shape index (κ3) is 47.4. The number of amides is 1. The Hall–Kier alpha value is -3.15. The number of hydrogen-bond acceptors (Lipinski definition) is 8. The van der Waals surface area contributed by atoms with Gasteiger partial charge in [0, 0.05) is 6.42 Å². The maximum atomic E-state index is 13.1. The monoisotopic (exact) mass is 1120 g/mol. The van der Waals surface area contributed by atoms with Gasteiger partial charge in [-0.25, -0.2) is 0 Å². The van der Waals surface area contributed by atoms with Gasteiger partial charge in [-0.2, -0.15) is 0 Å². The molecule has 0 aromatic heterocycles. The van der Waals surface area contributed by atoms with Crippen LogP contribution in [0, 0.1) is 0 Å². The van der Waals surface area contributed by atoms with E-state index < -0.39 is 49.5 Å². The molecule has 80 heavy (non-hydrogen) atoms. The fourth-order valence-electron chi connectivity index (χ4n) is 9.92. The second-order valence-electron chi connectivity index (χ2n) is 22.5. The summed E-state index contributed by atoms with van der Waals surface area (Å²) in [5, 5.41) is 54.6. The van der Waals surface area contributed by atoms with Crippen molar-refractivity contribution >= 4 is 5.91 Å². The van der Waals surface area contributed by atoms with Gasteiger partial charge in [0.2, 0.25) is 5.91 Å². The topological polar surface area (TPSA) is 149 Å². The van der Waals surface area contributed by atoms with E-state index in [9.17, 15) is 30.3 Å². The van der Waals surface area contributed by atoms with E-state index >= 15 is 0 Å². The molecule has 0 bridgehead atoms. The predicted octanol–water partition coefficient (Wildman–Crippen LogP) is 17.7. The van der Waals surface area contributed by atoms with Gasteiger partial charge in [-0.15, -0.1) is 0 Å². The Bertz CT molecular complexity index is 1630. The Morgan fingerprint density at radius 1 is 0.438 bits per heavy atom. The quantitative estimate of drug-likeness (QED) is 0.0261. The zero-order valence-electron chi connectivity index (χ0n) is 51.3. The molecule has 0 saturated carbocycles. The Labute approximate surface area is 491 Å². The van der Waals surface area contributed by atoms with Crippen LogP contribution in [0.3, 0.4) is 0 Å². The number of unbranched alkanes of at least 4 members (excludes halogenated alkanes) is 30. The molecule has 1 saturated heterocycles. The minimum absolute atomic E-state index is 0.187. The number of aliphatic hydroxyl groups excluding tert-OH is 5. The molecule has 9 nitrogen and oxygen atoms in total. The molecule has 7 atom stereocenters. The molecule has 0 aromatic rings. The predicted molar refractivity (Wildman–Crippen MR) is 341 cm³/mol. The summed E-state index contributed by atoms with van der Waals surface area (Å²) in [6, 6.07) is -0.827. The molecular weight excluding hydrogens is 995 g/mol. The number of carbonyl (C=O) groups excluding carboxylic acids is 1. The normalized spacial score (nSPS) is 19.2. The second kappa shape index (κ2) is 59.0. The fourth-order valence-corrected chi connectivity index (χ4v) is 9.92. The van der Waals surface area contributed by atoms with Crippen LogP contribution in [-0.4, -0.2) is 87.5 Å². The highest BCUT2D eigenvalue weighted by Gasteiger charge is 2.44. The van der Waals surface area contributed by atoms with Crippen LogP contribution in [0.15, 0.2) is 109 Å². The van der Waals surface area contributed by atoms with Crippen molar-refractivity contribution in [2.24, 2.45) is 0 Å². The standard InChI is InChI=1S/C71H123NO8/c1-3-5-7-9-11-13-15-17-19-21-23-24-25-26-27-28-29-30-31-32-33-34-35-36-37-38-39-40-41-42-43-45-47-49-51-53-55-57-59-61-67(75)72-64(63-79-71-70(78)69(77)68(76)66(62-73)80-71)65(74)60-58-56-54-52-50-48-46-44-22-20-18-16-14-12-10-8-6-4-2/h5,7,11,13,17,19,23-24,26-27,29-30,32-33,50,52,58,60,64-66,68-71,73-74,76-78H,3-4,6,8-10,12,14-16,18,20-22,25,28,31,34-49,51,53-57,59,61-63H2,1-2H3,(H,72,75)/b7-5-,13-11-,19-17-,24-23-,27-26-,30-29-,33-32-,52-50+,60-58+. The molecule has 1 heterocycles. The number of rotatable bonds is 56. The highest BCUT2D eigenvalue weighted by atomic mass is 16.7. The number of hydrogen-bond donors (Lipinski definition) is 6. The van der Waals surface area contributed by atoms with Crippen molar-refractivity contribution in [3.05, 3.63) is 109 Å². The molecule has 1 aliphatic heterocycles. The van der Waals surface area contributed by atoms with Crippen LogP contribution in [0.4, 0.5) is 0 Å². The van der Waals surface area contributed by atoms with Crippen molar-refractivity contribution in [2.45, 2.75) is 320 Å². The maximum absolute atomic E-state index is 13.1. The highest BCUT2D eigenvalue weighted by Crippen LogP contribution is 2.23. The summed E-state index contributed by atoms with van der Waals surface area (Å²) in [5.41, 5.74) is 0. The summed E-state index contributed by atoms with van der Waals surface area (Å²) in [7, 11) is 0. The molecule has 6 N–H and O–H groups in total. The summed E-state index contributed by atoms with van der Waals surface area (Å²) in [6.07, 6.45) is 80.4. The van der Waals surface area contributed by atoms with Gasteiger partial charge in [0.15, 0.2) is 6.29 Å². The van der Waals surface area contributed by atoms with Crippen LogP contribution >= 0.6 is 0 Å². The third-order valence-electron chi connectivity index (χ3n) is 15.1. The van der Waals surface area contributed by atoms with E-state index in [-0.39, 0.29) is 12.5 Å². The largest absolute Gasteiger partial charge is 0.394 e. The first-order chi connectivity index (χ1) is 39.3. The van der Waals surface area contributed by atoms with Gasteiger partial charge in [-0.3, -0.25) is 4.79 Å². The molecule has 0 radical (unpaired) electrons. The summed E-state index contributed by atoms with van der Waals surface area (Å²) in [6.45, 7) is 3.66. The van der Waals surface area contributed by atoms with Crippen LogP contribution in [0.25, 0.3) is 0 Å². The van der Waals surface area contributed by atoms with Crippen molar-refractivity contribution in [1.82, 2.24) is 5.32 Å². The maximum Gasteiger partial charge on any atom is 0.220 e. The van der Waals surface area contributed by atoms with E-state index in [1.807, 2.05) is 6.08 Å². The smallest absolute Gasteiger partial charge is 0.220 e. The van der Waals surface area contributed by atoms with E-state index in [0.29, 0.717) is 6.42 Å². The van der Waals surface area contributed by atoms with Crippen LogP contribution in [0.5, 0.6) is 0 Å². The summed E-state index contributed by atoms with van der Waals surface area (Å²) < 4.78 is 11.3. The van der Waals surface area contributed by atoms with Crippen molar-refractivity contribution < 1.29 is 39.8 Å². The lowest BCUT2D eigenvalue weighted by atomic mass is 9.99. The molecule has 7 unspecified atom stereocenters. The van der Waals surface area contributed by atoms with Gasteiger partial charge < -0.3 is 40.3 Å². The van der Waals surface area contributed by atoms with E-state index in [1.54, 1.807) is 6.08 Å². The van der Waals surface area contributed by atoms with Gasteiger partial charge in [-0.05, 0) is 89.9 Å². The molecule has 1 fully saturated rings. The summed E-state index contributed by atoms with van der Waals surface area (Å²) >= 11 is 0. The van der Waals surface area contributed by atoms with Crippen LogP contribution in [-0.2, 0) is 14.3 Å². The summed E-state index contributed by atoms with van der Waals surface area (Å²) in [4.78, 5) is 13.1. The Morgan fingerprint density at radius 2 is 0.787 bits per heavy atom. The molecule has 1 rings (SSSR count). The molecule has 0 aliphatic carbocycles.